The molecule has 1 unspecified atom stereocenters. The zero-order chi connectivity index (χ0) is 35.3. The molecule has 4 atom stereocenters. The molecule has 1 amide bonds. The van der Waals surface area contributed by atoms with Gasteiger partial charge in [0.05, 0.1) is 25.7 Å². The number of aromatic amines is 1. The number of methoxy groups -OCH3 is 2. The summed E-state index contributed by atoms with van der Waals surface area (Å²) in [6.07, 6.45) is -9.15. The fraction of sp³-hybridized carbons (Fsp3) is 0.343. The second-order valence-electron chi connectivity index (χ2n) is 11.6. The van der Waals surface area contributed by atoms with Gasteiger partial charge in [-0.3, -0.25) is 19.1 Å². The second-order valence-corrected chi connectivity index (χ2v) is 11.6. The number of alkyl halides is 3. The lowest BCUT2D eigenvalue weighted by atomic mass is 9.64. The highest BCUT2D eigenvalue weighted by Gasteiger charge is 2.52. The fourth-order valence-corrected chi connectivity index (χ4v) is 6.30. The maximum atomic E-state index is 13.0. The molecule has 260 valence electrons. The van der Waals surface area contributed by atoms with Crippen LogP contribution in [0.2, 0.25) is 0 Å². The number of nitrogens with zero attached hydrogens (tertiary/aromatic N) is 1. The average molecular weight is 684 g/mol. The van der Waals surface area contributed by atoms with Crippen LogP contribution in [0.15, 0.2) is 94.6 Å². The van der Waals surface area contributed by atoms with Gasteiger partial charge in [0.15, 0.2) is 0 Å². The Morgan fingerprint density at radius 1 is 0.959 bits per heavy atom. The molecule has 5 rings (SSSR count). The molecule has 2 heterocycles. The Morgan fingerprint density at radius 2 is 1.51 bits per heavy atom. The van der Waals surface area contributed by atoms with Crippen LogP contribution in [0.1, 0.15) is 41.3 Å². The lowest BCUT2D eigenvalue weighted by molar-refractivity contribution is -0.173. The van der Waals surface area contributed by atoms with Gasteiger partial charge >= 0.3 is 17.8 Å². The van der Waals surface area contributed by atoms with Gasteiger partial charge in [0.25, 0.3) is 5.56 Å². The van der Waals surface area contributed by atoms with Gasteiger partial charge in [-0.1, -0.05) is 54.6 Å². The lowest BCUT2D eigenvalue weighted by Crippen LogP contribution is -2.51. The Hall–Kier alpha value is -4.92. The van der Waals surface area contributed by atoms with Gasteiger partial charge in [0.2, 0.25) is 0 Å². The first-order chi connectivity index (χ1) is 23.4. The zero-order valence-electron chi connectivity index (χ0n) is 26.6. The number of halogens is 3. The van der Waals surface area contributed by atoms with E-state index in [9.17, 15) is 37.8 Å². The van der Waals surface area contributed by atoms with Crippen LogP contribution in [0.5, 0.6) is 11.5 Å². The van der Waals surface area contributed by atoms with E-state index < -0.39 is 53.3 Å². The van der Waals surface area contributed by atoms with Crippen molar-refractivity contribution in [1.29, 1.82) is 0 Å². The Morgan fingerprint density at radius 3 is 2.04 bits per heavy atom. The van der Waals surface area contributed by atoms with Crippen LogP contribution in [0.25, 0.3) is 0 Å². The number of rotatable bonds is 12. The molecule has 4 aromatic rings. The van der Waals surface area contributed by atoms with Crippen LogP contribution in [0.4, 0.5) is 13.2 Å². The smallest absolute Gasteiger partial charge is 0.471 e. The normalized spacial score (nSPS) is 18.6. The van der Waals surface area contributed by atoms with Crippen LogP contribution in [-0.4, -0.2) is 70.9 Å². The summed E-state index contributed by atoms with van der Waals surface area (Å²) in [6.45, 7) is -0.359. The van der Waals surface area contributed by atoms with E-state index in [0.717, 1.165) is 4.57 Å². The number of amides is 1. The van der Waals surface area contributed by atoms with Gasteiger partial charge in [-0.05, 0) is 53.8 Å². The maximum Gasteiger partial charge on any atom is 0.471 e. The van der Waals surface area contributed by atoms with E-state index in [1.165, 1.54) is 20.4 Å². The van der Waals surface area contributed by atoms with Crippen molar-refractivity contribution in [3.8, 4) is 11.5 Å². The van der Waals surface area contributed by atoms with Gasteiger partial charge < -0.3 is 29.7 Å². The minimum atomic E-state index is -5.04. The van der Waals surface area contributed by atoms with Gasteiger partial charge in [-0.2, -0.15) is 13.2 Å². The third-order valence-electron chi connectivity index (χ3n) is 8.73. The molecule has 0 saturated carbocycles. The number of nitrogens with one attached hydrogen (secondary N) is 2. The Kier molecular flexibility index (Phi) is 10.6. The molecule has 0 spiro atoms. The molecule has 3 aromatic carbocycles. The van der Waals surface area contributed by atoms with Crippen molar-refractivity contribution in [3.63, 3.8) is 0 Å². The van der Waals surface area contributed by atoms with E-state index in [2.05, 4.69) is 4.98 Å². The molecular formula is C35H36F3N3O8. The molecule has 4 N–H and O–H groups in total. The average Bonchev–Trinajstić information content (AvgIpc) is 3.49. The third kappa shape index (κ3) is 7.26. The van der Waals surface area contributed by atoms with Crippen molar-refractivity contribution < 1.29 is 42.4 Å². The number of H-pyrrole nitrogens is 1. The summed E-state index contributed by atoms with van der Waals surface area (Å²) in [7, 11) is 3.08. The molecular weight excluding hydrogens is 647 g/mol. The first kappa shape index (κ1) is 35.4. The molecule has 14 heteroatoms. The number of hydrogen-bond donors (Lipinski definition) is 4. The summed E-state index contributed by atoms with van der Waals surface area (Å²) < 4.78 is 55.6. The highest BCUT2D eigenvalue weighted by molar-refractivity contribution is 5.81. The van der Waals surface area contributed by atoms with Crippen LogP contribution in [0, 0.1) is 0 Å². The van der Waals surface area contributed by atoms with Gasteiger partial charge in [0.1, 0.15) is 29.9 Å². The molecule has 1 fully saturated rings. The molecule has 1 saturated heterocycles. The predicted molar refractivity (Wildman–Crippen MR) is 172 cm³/mol. The van der Waals surface area contributed by atoms with Crippen molar-refractivity contribution in [2.24, 2.45) is 0 Å². The Balaban J connectivity index is 1.51. The number of benzene rings is 3. The molecule has 0 aliphatic carbocycles. The molecule has 1 aliphatic rings. The monoisotopic (exact) mass is 683 g/mol. The summed E-state index contributed by atoms with van der Waals surface area (Å²) in [5, 5.41) is 25.7. The van der Waals surface area contributed by atoms with E-state index in [-0.39, 0.29) is 31.4 Å². The maximum absolute atomic E-state index is 13.0. The summed E-state index contributed by atoms with van der Waals surface area (Å²) in [6, 6.07) is 23.5. The number of aryl methyl sites for hydroxylation is 1. The second kappa shape index (κ2) is 14.7. The number of carbonyl (C=O) groups excluding carboxylic acids is 1. The highest BCUT2D eigenvalue weighted by atomic mass is 19.4. The van der Waals surface area contributed by atoms with Crippen LogP contribution >= 0.6 is 0 Å². The molecule has 11 nitrogen and oxygen atoms in total. The first-order valence-electron chi connectivity index (χ1n) is 15.5. The van der Waals surface area contributed by atoms with Crippen LogP contribution in [-0.2, 0) is 21.4 Å². The summed E-state index contributed by atoms with van der Waals surface area (Å²) in [4.78, 5) is 38.8. The highest BCUT2D eigenvalue weighted by Crippen LogP contribution is 2.47. The number of aromatic nitrogens is 2. The topological polar surface area (TPSA) is 152 Å². The molecule has 0 radical (unpaired) electrons. The summed E-state index contributed by atoms with van der Waals surface area (Å²) >= 11 is 0. The minimum absolute atomic E-state index is 0.0259. The third-order valence-corrected chi connectivity index (χ3v) is 8.73. The summed E-state index contributed by atoms with van der Waals surface area (Å²) in [5.74, 6) is -0.925. The zero-order valence-corrected chi connectivity index (χ0v) is 26.6. The number of aliphatic hydroxyl groups is 2. The van der Waals surface area contributed by atoms with Crippen molar-refractivity contribution in [2.45, 2.75) is 55.4 Å². The van der Waals surface area contributed by atoms with E-state index in [1.54, 1.807) is 29.6 Å². The van der Waals surface area contributed by atoms with E-state index >= 15 is 0 Å². The van der Waals surface area contributed by atoms with Gasteiger partial charge in [-0.25, -0.2) is 4.79 Å². The van der Waals surface area contributed by atoms with E-state index in [0.29, 0.717) is 28.2 Å². The quantitative estimate of drug-likeness (QED) is 0.131. The van der Waals surface area contributed by atoms with Crippen molar-refractivity contribution in [2.75, 3.05) is 20.8 Å². The predicted octanol–water partition coefficient (Wildman–Crippen LogP) is 3.21. The summed E-state index contributed by atoms with van der Waals surface area (Å²) in [5.41, 5.74) is -0.888. The van der Waals surface area contributed by atoms with Gasteiger partial charge in [-0.15, -0.1) is 0 Å². The van der Waals surface area contributed by atoms with Gasteiger partial charge in [0, 0.05) is 24.7 Å². The SMILES string of the molecule is COc1ccc(C(c2ccccc2)(c2ccc(OC)cc2)C(O)[C@H]2O[C@@H](n3cc(CCCNC(=O)C(F)(F)F)c(=O)[nH]c3=O)C[C@@H]2O)cc1. The number of aliphatic hydroxyl groups excluding tert-OH is 2. The Bertz CT molecular complexity index is 1800. The van der Waals surface area contributed by atoms with Crippen LogP contribution in [0.3, 0.4) is 0 Å². The number of hydrogen-bond acceptors (Lipinski definition) is 8. The van der Waals surface area contributed by atoms with Crippen molar-refractivity contribution in [3.05, 3.63) is 128 Å². The largest absolute Gasteiger partial charge is 0.497 e. The van der Waals surface area contributed by atoms with E-state index in [1.807, 2.05) is 54.6 Å². The van der Waals surface area contributed by atoms with Crippen molar-refractivity contribution in [1.82, 2.24) is 14.9 Å². The minimum Gasteiger partial charge on any atom is -0.497 e. The Labute approximate surface area is 278 Å². The van der Waals surface area contributed by atoms with Crippen LogP contribution < -0.4 is 26.0 Å². The lowest BCUT2D eigenvalue weighted by Gasteiger charge is -2.43. The van der Waals surface area contributed by atoms with Crippen molar-refractivity contribution >= 4 is 5.91 Å². The molecule has 1 aromatic heterocycles. The van der Waals surface area contributed by atoms with E-state index in [4.69, 9.17) is 14.2 Å². The first-order valence-corrected chi connectivity index (χ1v) is 15.5. The number of carbonyl (C=O) groups is 1. The fourth-order valence-electron chi connectivity index (χ4n) is 6.30. The molecule has 0 bridgehead atoms. The number of ether oxygens (including phenoxy) is 3. The standard InChI is InChI=1S/C35H36F3N3O8/c1-47-25-14-10-23(11-15-25)34(22-8-4-3-5-9-22,24-12-16-26(48-2)17-13-24)30(43)29-27(42)19-28(49-29)41-20-21(31(44)40-33(41)46)7-6-18-39-32(45)35(36,37)38/h3-5,8-17,20,27-30,42-43H,6-7,18-19H2,1-2H3,(H,39,45)(H,40,44,46)/t27-,28+,29-,30?/m0/s1. The molecule has 1 aliphatic heterocycles. The molecule has 49 heavy (non-hydrogen) atoms.